The fraction of sp³-hybridized carbons (Fsp3) is 0.200. The van der Waals surface area contributed by atoms with Crippen LogP contribution in [-0.2, 0) is 6.54 Å². The van der Waals surface area contributed by atoms with Crippen molar-refractivity contribution in [2.45, 2.75) is 12.6 Å². The van der Waals surface area contributed by atoms with Crippen molar-refractivity contribution in [1.82, 2.24) is 5.32 Å². The van der Waals surface area contributed by atoms with Crippen LogP contribution >= 0.6 is 0 Å². The van der Waals surface area contributed by atoms with Gasteiger partial charge < -0.3 is 15.5 Å². The van der Waals surface area contributed by atoms with Crippen LogP contribution in [0.25, 0.3) is 0 Å². The molecule has 0 aliphatic carbocycles. The van der Waals surface area contributed by atoms with E-state index in [0.717, 1.165) is 5.56 Å². The fourth-order valence-electron chi connectivity index (χ4n) is 1.81. The Kier molecular flexibility index (Phi) is 4.49. The van der Waals surface area contributed by atoms with Gasteiger partial charge in [-0.25, -0.2) is 4.39 Å². The Bertz CT molecular complexity index is 528. The molecule has 2 aromatic rings. The zero-order chi connectivity index (χ0) is 13.7. The maximum absolute atomic E-state index is 12.7. The first-order valence-corrected chi connectivity index (χ1v) is 6.07. The molecule has 0 heterocycles. The van der Waals surface area contributed by atoms with Gasteiger partial charge in [0.05, 0.1) is 6.10 Å². The lowest BCUT2D eigenvalue weighted by atomic mass is 10.1. The van der Waals surface area contributed by atoms with Gasteiger partial charge in [-0.15, -0.1) is 0 Å². The van der Waals surface area contributed by atoms with Crippen LogP contribution in [0.1, 0.15) is 17.2 Å². The number of hydrogen-bond acceptors (Lipinski definition) is 3. The largest absolute Gasteiger partial charge is 0.508 e. The molecule has 0 aromatic heterocycles. The zero-order valence-corrected chi connectivity index (χ0v) is 10.4. The van der Waals surface area contributed by atoms with Gasteiger partial charge in [0.2, 0.25) is 0 Å². The molecular formula is C15H16FNO2. The third-order valence-corrected chi connectivity index (χ3v) is 2.84. The van der Waals surface area contributed by atoms with E-state index in [0.29, 0.717) is 18.7 Å². The summed E-state index contributed by atoms with van der Waals surface area (Å²) < 4.78 is 12.7. The Morgan fingerprint density at radius 2 is 1.84 bits per heavy atom. The smallest absolute Gasteiger partial charge is 0.123 e. The van der Waals surface area contributed by atoms with Crippen LogP contribution in [0.15, 0.2) is 48.5 Å². The van der Waals surface area contributed by atoms with E-state index in [1.54, 1.807) is 30.3 Å². The second-order valence-electron chi connectivity index (χ2n) is 4.37. The molecule has 100 valence electrons. The molecule has 0 aliphatic heterocycles. The highest BCUT2D eigenvalue weighted by Crippen LogP contribution is 2.17. The summed E-state index contributed by atoms with van der Waals surface area (Å²) in [5.74, 6) is -0.126. The summed E-state index contributed by atoms with van der Waals surface area (Å²) >= 11 is 0. The van der Waals surface area contributed by atoms with Crippen molar-refractivity contribution in [2.75, 3.05) is 6.54 Å². The lowest BCUT2D eigenvalue weighted by Gasteiger charge is -2.12. The third-order valence-electron chi connectivity index (χ3n) is 2.84. The number of aromatic hydroxyl groups is 1. The van der Waals surface area contributed by atoms with Crippen molar-refractivity contribution in [3.63, 3.8) is 0 Å². The average Bonchev–Trinajstić information content (AvgIpc) is 2.41. The first-order valence-electron chi connectivity index (χ1n) is 6.07. The molecule has 0 bridgehead atoms. The molecule has 3 N–H and O–H groups in total. The van der Waals surface area contributed by atoms with Crippen LogP contribution in [0.4, 0.5) is 4.39 Å². The van der Waals surface area contributed by atoms with Crippen LogP contribution < -0.4 is 5.32 Å². The van der Waals surface area contributed by atoms with Gasteiger partial charge in [0.15, 0.2) is 0 Å². The topological polar surface area (TPSA) is 52.5 Å². The van der Waals surface area contributed by atoms with Crippen LogP contribution in [-0.4, -0.2) is 16.8 Å². The van der Waals surface area contributed by atoms with E-state index in [2.05, 4.69) is 5.32 Å². The number of benzene rings is 2. The minimum atomic E-state index is -0.687. The van der Waals surface area contributed by atoms with Crippen LogP contribution in [0, 0.1) is 5.82 Å². The molecule has 4 heteroatoms. The summed E-state index contributed by atoms with van der Waals surface area (Å²) in [6.45, 7) is 0.914. The van der Waals surface area contributed by atoms with Gasteiger partial charge in [-0.05, 0) is 35.4 Å². The van der Waals surface area contributed by atoms with E-state index in [1.165, 1.54) is 18.2 Å². The summed E-state index contributed by atoms with van der Waals surface area (Å²) in [7, 11) is 0. The maximum Gasteiger partial charge on any atom is 0.123 e. The molecule has 3 nitrogen and oxygen atoms in total. The van der Waals surface area contributed by atoms with Gasteiger partial charge in [0.25, 0.3) is 0 Å². The van der Waals surface area contributed by atoms with Crippen molar-refractivity contribution in [3.05, 3.63) is 65.5 Å². The van der Waals surface area contributed by atoms with Gasteiger partial charge in [0, 0.05) is 13.1 Å². The second-order valence-corrected chi connectivity index (χ2v) is 4.37. The third kappa shape index (κ3) is 4.05. The van der Waals surface area contributed by atoms with Gasteiger partial charge >= 0.3 is 0 Å². The lowest BCUT2D eigenvalue weighted by Crippen LogP contribution is -2.21. The number of nitrogens with one attached hydrogen (secondary N) is 1. The predicted molar refractivity (Wildman–Crippen MR) is 71.2 cm³/mol. The Balaban J connectivity index is 1.84. The molecule has 0 unspecified atom stereocenters. The van der Waals surface area contributed by atoms with Crippen LogP contribution in [0.2, 0.25) is 0 Å². The van der Waals surface area contributed by atoms with Gasteiger partial charge in [-0.3, -0.25) is 0 Å². The van der Waals surface area contributed by atoms with Gasteiger partial charge in [0.1, 0.15) is 11.6 Å². The normalized spacial score (nSPS) is 12.3. The maximum atomic E-state index is 12.7. The van der Waals surface area contributed by atoms with E-state index in [4.69, 9.17) is 0 Å². The molecule has 0 saturated heterocycles. The number of hydrogen-bond donors (Lipinski definition) is 3. The highest BCUT2D eigenvalue weighted by molar-refractivity contribution is 5.28. The summed E-state index contributed by atoms with van der Waals surface area (Å²) in [6.07, 6.45) is -0.687. The first kappa shape index (κ1) is 13.5. The summed E-state index contributed by atoms with van der Waals surface area (Å²) in [6, 6.07) is 12.7. The molecule has 0 fully saturated rings. The number of halogens is 1. The number of phenolic OH excluding ortho intramolecular Hbond substituents is 1. The molecule has 2 rings (SSSR count). The fourth-order valence-corrected chi connectivity index (χ4v) is 1.81. The molecule has 0 aliphatic rings. The molecule has 2 aromatic carbocycles. The van der Waals surface area contributed by atoms with Crippen molar-refractivity contribution in [3.8, 4) is 5.75 Å². The Morgan fingerprint density at radius 1 is 1.11 bits per heavy atom. The number of phenols is 1. The lowest BCUT2D eigenvalue weighted by molar-refractivity contribution is 0.174. The minimum absolute atomic E-state index is 0.134. The van der Waals surface area contributed by atoms with Gasteiger partial charge in [-0.1, -0.05) is 24.3 Å². The summed E-state index contributed by atoms with van der Waals surface area (Å²) in [5, 5.41) is 22.3. The predicted octanol–water partition coefficient (Wildman–Crippen LogP) is 2.35. The van der Waals surface area contributed by atoms with Crippen molar-refractivity contribution in [2.24, 2.45) is 0 Å². The van der Waals surface area contributed by atoms with E-state index < -0.39 is 6.10 Å². The highest BCUT2D eigenvalue weighted by atomic mass is 19.1. The second kappa shape index (κ2) is 6.31. The van der Waals surface area contributed by atoms with Crippen LogP contribution in [0.3, 0.4) is 0 Å². The highest BCUT2D eigenvalue weighted by Gasteiger charge is 2.07. The first-order chi connectivity index (χ1) is 9.15. The quantitative estimate of drug-likeness (QED) is 0.774. The summed E-state index contributed by atoms with van der Waals surface area (Å²) in [5.41, 5.74) is 1.61. The monoisotopic (exact) mass is 261 g/mol. The summed E-state index contributed by atoms with van der Waals surface area (Å²) in [4.78, 5) is 0. The van der Waals surface area contributed by atoms with Crippen molar-refractivity contribution >= 4 is 0 Å². The molecule has 0 saturated carbocycles. The SMILES string of the molecule is Oc1cccc([C@@H](O)CNCc2ccc(F)cc2)c1. The Hall–Kier alpha value is -1.91. The number of aliphatic hydroxyl groups excluding tert-OH is 1. The van der Waals surface area contributed by atoms with Crippen LogP contribution in [0.5, 0.6) is 5.75 Å². The van der Waals surface area contributed by atoms with Gasteiger partial charge in [-0.2, -0.15) is 0 Å². The molecule has 0 radical (unpaired) electrons. The molecule has 19 heavy (non-hydrogen) atoms. The Labute approximate surface area is 111 Å². The average molecular weight is 261 g/mol. The van der Waals surface area contributed by atoms with E-state index >= 15 is 0 Å². The van der Waals surface area contributed by atoms with Crippen molar-refractivity contribution < 1.29 is 14.6 Å². The standard InChI is InChI=1S/C15H16FNO2/c16-13-6-4-11(5-7-13)9-17-10-15(19)12-2-1-3-14(18)8-12/h1-8,15,17-19H,9-10H2/t15-/m0/s1. The molecular weight excluding hydrogens is 245 g/mol. The molecule has 0 spiro atoms. The van der Waals surface area contributed by atoms with E-state index in [9.17, 15) is 14.6 Å². The van der Waals surface area contributed by atoms with E-state index in [1.807, 2.05) is 0 Å². The zero-order valence-electron chi connectivity index (χ0n) is 10.4. The number of rotatable bonds is 5. The minimum Gasteiger partial charge on any atom is -0.508 e. The Morgan fingerprint density at radius 3 is 2.53 bits per heavy atom. The molecule has 1 atom stereocenters. The van der Waals surface area contributed by atoms with Crippen molar-refractivity contribution in [1.29, 1.82) is 0 Å². The molecule has 0 amide bonds. The van der Waals surface area contributed by atoms with E-state index in [-0.39, 0.29) is 11.6 Å². The number of aliphatic hydroxyl groups is 1.